The first-order valence-corrected chi connectivity index (χ1v) is 5.58. The summed E-state index contributed by atoms with van der Waals surface area (Å²) < 4.78 is 0. The molecule has 0 aromatic heterocycles. The molecule has 0 aliphatic carbocycles. The molecule has 0 atom stereocenters. The number of hydrogen-bond donors (Lipinski definition) is 0. The molecule has 0 saturated carbocycles. The molecular formula is C8H19AlLi. The van der Waals surface area contributed by atoms with E-state index in [1.807, 2.05) is 0 Å². The Morgan fingerprint density at radius 3 is 1.50 bits per heavy atom. The fourth-order valence-electron chi connectivity index (χ4n) is 0.763. The van der Waals surface area contributed by atoms with Crippen molar-refractivity contribution in [2.24, 2.45) is 11.8 Å². The van der Waals surface area contributed by atoms with Crippen LogP contribution in [0.3, 0.4) is 0 Å². The minimum absolute atomic E-state index is 0. The van der Waals surface area contributed by atoms with Gasteiger partial charge in [0, 0.05) is 0 Å². The van der Waals surface area contributed by atoms with Crippen LogP contribution in [0.5, 0.6) is 0 Å². The van der Waals surface area contributed by atoms with Crippen LogP contribution in [-0.2, 0) is 0 Å². The predicted octanol–water partition coefficient (Wildman–Crippen LogP) is -0.0443. The standard InChI is InChI=1S/2C4H9.Al.Li.H/c2*1-4(2)3;;;/h2*4H,1H2,2-3H3;;;/q;;;+1;-1. The normalized spacial score (nSPS) is 9.80. The van der Waals surface area contributed by atoms with Gasteiger partial charge in [0.15, 0.2) is 0 Å². The Morgan fingerprint density at radius 1 is 1.00 bits per heavy atom. The Bertz CT molecular complexity index is 59.1. The van der Waals surface area contributed by atoms with Gasteiger partial charge in [-0.3, -0.25) is 0 Å². The van der Waals surface area contributed by atoms with Gasteiger partial charge in [0.1, 0.15) is 0 Å². The van der Waals surface area contributed by atoms with Crippen LogP contribution in [0.2, 0.25) is 10.6 Å². The van der Waals surface area contributed by atoms with Crippen LogP contribution in [0.1, 0.15) is 29.1 Å². The third kappa shape index (κ3) is 11.9. The van der Waals surface area contributed by atoms with Gasteiger partial charge in [-0.15, -0.1) is 10.6 Å². The van der Waals surface area contributed by atoms with Crippen molar-refractivity contribution in [3.63, 3.8) is 0 Å². The van der Waals surface area contributed by atoms with Gasteiger partial charge in [-0.1, -0.05) is 39.5 Å². The van der Waals surface area contributed by atoms with Crippen LogP contribution in [0, 0.1) is 11.8 Å². The van der Waals surface area contributed by atoms with Gasteiger partial charge >= 0.3 is 18.9 Å². The summed E-state index contributed by atoms with van der Waals surface area (Å²) >= 11 is 0.755. The second-order valence-electron chi connectivity index (χ2n) is 3.55. The molecule has 0 amide bonds. The van der Waals surface area contributed by atoms with E-state index in [2.05, 4.69) is 27.7 Å². The summed E-state index contributed by atoms with van der Waals surface area (Å²) in [6.45, 7) is 9.25. The Hall–Kier alpha value is 1.13. The van der Waals surface area contributed by atoms with Crippen molar-refractivity contribution < 1.29 is 20.3 Å². The second kappa shape index (κ2) is 8.23. The van der Waals surface area contributed by atoms with Gasteiger partial charge in [-0.25, -0.2) is 0 Å². The van der Waals surface area contributed by atoms with Crippen LogP contribution in [0.15, 0.2) is 0 Å². The molecule has 0 bridgehead atoms. The van der Waals surface area contributed by atoms with E-state index in [1.54, 1.807) is 0 Å². The molecule has 0 saturated heterocycles. The van der Waals surface area contributed by atoms with Crippen molar-refractivity contribution in [2.45, 2.75) is 38.3 Å². The number of rotatable bonds is 4. The van der Waals surface area contributed by atoms with Crippen LogP contribution >= 0.6 is 0 Å². The van der Waals surface area contributed by atoms with Crippen molar-refractivity contribution in [3.8, 4) is 0 Å². The van der Waals surface area contributed by atoms with Crippen LogP contribution in [-0.4, -0.2) is 15.2 Å². The van der Waals surface area contributed by atoms with Crippen molar-refractivity contribution in [1.29, 1.82) is 0 Å². The first-order chi connectivity index (χ1) is 4.13. The summed E-state index contributed by atoms with van der Waals surface area (Å²) in [5, 5.41) is 2.97. The molecule has 0 heterocycles. The van der Waals surface area contributed by atoms with E-state index < -0.39 is 0 Å². The van der Waals surface area contributed by atoms with E-state index in [0.717, 1.165) is 27.1 Å². The minimum Gasteiger partial charge on any atom is -1.00 e. The fraction of sp³-hybridized carbons (Fsp3) is 1.00. The fourth-order valence-corrected chi connectivity index (χ4v) is 2.29. The van der Waals surface area contributed by atoms with Gasteiger partial charge < -0.3 is 1.43 Å². The molecule has 0 fully saturated rings. The molecule has 0 unspecified atom stereocenters. The van der Waals surface area contributed by atoms with Gasteiger partial charge in [0.25, 0.3) is 0 Å². The van der Waals surface area contributed by atoms with Gasteiger partial charge in [-0.2, -0.15) is 0 Å². The quantitative estimate of drug-likeness (QED) is 0.492. The van der Waals surface area contributed by atoms with Crippen molar-refractivity contribution in [2.75, 3.05) is 0 Å². The molecule has 1 radical (unpaired) electrons. The van der Waals surface area contributed by atoms with Crippen molar-refractivity contribution in [3.05, 3.63) is 0 Å². The monoisotopic (exact) mass is 149 g/mol. The summed E-state index contributed by atoms with van der Waals surface area (Å²) in [6, 6.07) is 0. The molecule has 0 aromatic carbocycles. The average Bonchev–Trinajstić information content (AvgIpc) is 1.63. The maximum atomic E-state index is 2.31. The smallest absolute Gasteiger partial charge is 1.00 e. The average molecular weight is 149 g/mol. The second-order valence-corrected chi connectivity index (χ2v) is 5.07. The van der Waals surface area contributed by atoms with Crippen molar-refractivity contribution in [1.82, 2.24) is 0 Å². The topological polar surface area (TPSA) is 0 Å². The van der Waals surface area contributed by atoms with Crippen LogP contribution in [0.25, 0.3) is 0 Å². The molecule has 0 rings (SSSR count). The van der Waals surface area contributed by atoms with E-state index >= 15 is 0 Å². The van der Waals surface area contributed by atoms with E-state index in [0.29, 0.717) is 0 Å². The molecule has 0 aliphatic rings. The Kier molecular flexibility index (Phi) is 11.3. The Balaban J connectivity index is -0.000000320. The maximum absolute atomic E-state index is 2.31. The predicted molar refractivity (Wildman–Crippen MR) is 46.2 cm³/mol. The van der Waals surface area contributed by atoms with Crippen LogP contribution < -0.4 is 18.9 Å². The first kappa shape index (κ1) is 13.7. The molecule has 0 nitrogen and oxygen atoms in total. The zero-order valence-corrected chi connectivity index (χ0v) is 9.30. The molecule has 0 spiro atoms. The molecule has 2 heteroatoms. The third-order valence-corrected chi connectivity index (χ3v) is 3.83. The van der Waals surface area contributed by atoms with E-state index in [-0.39, 0.29) is 20.3 Å². The zero-order valence-electron chi connectivity index (χ0n) is 9.15. The Labute approximate surface area is 85.5 Å². The summed E-state index contributed by atoms with van der Waals surface area (Å²) in [6.07, 6.45) is 0. The Morgan fingerprint density at radius 2 is 1.30 bits per heavy atom. The van der Waals surface area contributed by atoms with Crippen molar-refractivity contribution >= 4 is 15.2 Å². The largest absolute Gasteiger partial charge is 1.00 e. The maximum Gasteiger partial charge on any atom is 1.00 e. The van der Waals surface area contributed by atoms with Gasteiger partial charge in [0.2, 0.25) is 15.2 Å². The zero-order chi connectivity index (χ0) is 7.28. The first-order valence-electron chi connectivity index (χ1n) is 3.94. The molecule has 0 aliphatic heterocycles. The molecular weight excluding hydrogens is 130 g/mol. The summed E-state index contributed by atoms with van der Waals surface area (Å²) in [4.78, 5) is 0. The van der Waals surface area contributed by atoms with Gasteiger partial charge in [-0.05, 0) is 0 Å². The summed E-state index contributed by atoms with van der Waals surface area (Å²) in [7, 11) is 0. The summed E-state index contributed by atoms with van der Waals surface area (Å²) in [5.41, 5.74) is 0. The molecule has 0 aromatic rings. The SMILES string of the molecule is CC(C)[CH2][Al][CH2]C(C)C.[H-].[Li+]. The van der Waals surface area contributed by atoms with Gasteiger partial charge in [0.05, 0.1) is 0 Å². The van der Waals surface area contributed by atoms with E-state index in [9.17, 15) is 0 Å². The molecule has 0 N–H and O–H groups in total. The summed E-state index contributed by atoms with van der Waals surface area (Å²) in [5.74, 6) is 1.86. The minimum atomic E-state index is 0. The number of hydrogen-bond acceptors (Lipinski definition) is 0. The van der Waals surface area contributed by atoms with E-state index in [1.165, 1.54) is 10.6 Å². The van der Waals surface area contributed by atoms with E-state index in [4.69, 9.17) is 0 Å². The molecule has 55 valence electrons. The third-order valence-electron chi connectivity index (χ3n) is 1.28. The van der Waals surface area contributed by atoms with Crippen LogP contribution in [0.4, 0.5) is 0 Å². The molecule has 10 heavy (non-hydrogen) atoms.